The standard InChI is InChI=1S/C18H18N6O2S/c1-12-20-15(9-16(21-12)22-18-23-19-11-27-18)13-6-7-24(10-13)17(25)5-4-14-3-2-8-26-14/h2-5,8-9,11,13H,6-7,10H2,1H3,(H,20,21,22,23)/b5-4+. The number of furan rings is 1. The maximum absolute atomic E-state index is 12.4. The smallest absolute Gasteiger partial charge is 0.246 e. The molecule has 138 valence electrons. The Hall–Kier alpha value is -3.07. The lowest BCUT2D eigenvalue weighted by atomic mass is 10.0. The molecule has 1 fully saturated rings. The molecule has 8 nitrogen and oxygen atoms in total. The number of nitrogens with zero attached hydrogens (tertiary/aromatic N) is 5. The molecule has 1 saturated heterocycles. The van der Waals surface area contributed by atoms with E-state index in [9.17, 15) is 4.79 Å². The number of aryl methyl sites for hydroxylation is 1. The number of likely N-dealkylation sites (tertiary alicyclic amines) is 1. The molecule has 0 saturated carbocycles. The first-order valence-electron chi connectivity index (χ1n) is 8.56. The molecule has 27 heavy (non-hydrogen) atoms. The van der Waals surface area contributed by atoms with Gasteiger partial charge < -0.3 is 14.6 Å². The summed E-state index contributed by atoms with van der Waals surface area (Å²) >= 11 is 1.41. The number of nitrogens with one attached hydrogen (secondary N) is 1. The summed E-state index contributed by atoms with van der Waals surface area (Å²) in [5.41, 5.74) is 2.59. The Kier molecular flexibility index (Phi) is 4.93. The van der Waals surface area contributed by atoms with Gasteiger partial charge in [-0.05, 0) is 31.6 Å². The lowest BCUT2D eigenvalue weighted by molar-refractivity contribution is -0.124. The molecular weight excluding hydrogens is 364 g/mol. The van der Waals surface area contributed by atoms with Crippen LogP contribution < -0.4 is 5.32 Å². The summed E-state index contributed by atoms with van der Waals surface area (Å²) in [4.78, 5) is 23.2. The summed E-state index contributed by atoms with van der Waals surface area (Å²) in [6, 6.07) is 5.53. The zero-order valence-electron chi connectivity index (χ0n) is 14.7. The molecule has 1 N–H and O–H groups in total. The van der Waals surface area contributed by atoms with Crippen LogP contribution in [-0.2, 0) is 4.79 Å². The maximum atomic E-state index is 12.4. The predicted molar refractivity (Wildman–Crippen MR) is 102 cm³/mol. The zero-order valence-corrected chi connectivity index (χ0v) is 15.5. The number of amides is 1. The highest BCUT2D eigenvalue weighted by Crippen LogP contribution is 2.28. The number of carbonyl (C=O) groups is 1. The molecule has 3 aromatic rings. The van der Waals surface area contributed by atoms with Gasteiger partial charge >= 0.3 is 0 Å². The van der Waals surface area contributed by atoms with Crippen LogP contribution >= 0.6 is 11.3 Å². The van der Waals surface area contributed by atoms with E-state index in [0.29, 0.717) is 35.6 Å². The number of hydrogen-bond acceptors (Lipinski definition) is 8. The minimum absolute atomic E-state index is 0.0214. The van der Waals surface area contributed by atoms with Crippen molar-refractivity contribution in [3.8, 4) is 0 Å². The lowest BCUT2D eigenvalue weighted by Gasteiger charge is -2.15. The monoisotopic (exact) mass is 382 g/mol. The Labute approximate surface area is 160 Å². The highest BCUT2D eigenvalue weighted by molar-refractivity contribution is 7.13. The van der Waals surface area contributed by atoms with Crippen LogP contribution in [0.2, 0.25) is 0 Å². The summed E-state index contributed by atoms with van der Waals surface area (Å²) in [6.45, 7) is 3.20. The fourth-order valence-corrected chi connectivity index (χ4v) is 3.50. The van der Waals surface area contributed by atoms with Crippen molar-refractivity contribution in [3.63, 3.8) is 0 Å². The molecule has 0 bridgehead atoms. The number of hydrogen-bond donors (Lipinski definition) is 1. The Morgan fingerprint density at radius 1 is 1.44 bits per heavy atom. The Bertz CT molecular complexity index is 939. The van der Waals surface area contributed by atoms with Gasteiger partial charge in [-0.2, -0.15) is 0 Å². The second kappa shape index (κ2) is 7.67. The topological polar surface area (TPSA) is 97.0 Å². The van der Waals surface area contributed by atoms with Gasteiger partial charge in [-0.15, -0.1) is 10.2 Å². The van der Waals surface area contributed by atoms with Crippen LogP contribution in [0.3, 0.4) is 0 Å². The van der Waals surface area contributed by atoms with E-state index in [1.807, 2.05) is 24.0 Å². The molecular formula is C18H18N6O2S. The second-order valence-corrected chi connectivity index (χ2v) is 7.05. The van der Waals surface area contributed by atoms with Crippen LogP contribution in [0, 0.1) is 6.92 Å². The fraction of sp³-hybridized carbons (Fsp3) is 0.278. The van der Waals surface area contributed by atoms with Crippen LogP contribution in [0.15, 0.2) is 40.5 Å². The van der Waals surface area contributed by atoms with E-state index in [4.69, 9.17) is 4.42 Å². The first kappa shape index (κ1) is 17.3. The largest absolute Gasteiger partial charge is 0.465 e. The molecule has 9 heteroatoms. The summed E-state index contributed by atoms with van der Waals surface area (Å²) < 4.78 is 5.22. The minimum atomic E-state index is -0.0214. The molecule has 1 aliphatic rings. The molecule has 1 unspecified atom stereocenters. The highest BCUT2D eigenvalue weighted by Gasteiger charge is 2.27. The summed E-state index contributed by atoms with van der Waals surface area (Å²) in [5.74, 6) is 2.20. The van der Waals surface area contributed by atoms with Gasteiger partial charge in [0.05, 0.1) is 12.0 Å². The molecule has 4 heterocycles. The van der Waals surface area contributed by atoms with E-state index in [-0.39, 0.29) is 11.8 Å². The minimum Gasteiger partial charge on any atom is -0.465 e. The van der Waals surface area contributed by atoms with Gasteiger partial charge in [-0.25, -0.2) is 9.97 Å². The van der Waals surface area contributed by atoms with Crippen molar-refractivity contribution in [2.24, 2.45) is 0 Å². The maximum Gasteiger partial charge on any atom is 0.246 e. The van der Waals surface area contributed by atoms with Crippen molar-refractivity contribution in [1.29, 1.82) is 0 Å². The van der Waals surface area contributed by atoms with E-state index < -0.39 is 0 Å². The molecule has 0 aliphatic carbocycles. The number of carbonyl (C=O) groups excluding carboxylic acids is 1. The zero-order chi connectivity index (χ0) is 18.6. The molecule has 4 rings (SSSR count). The third-order valence-corrected chi connectivity index (χ3v) is 4.91. The third kappa shape index (κ3) is 4.20. The lowest BCUT2D eigenvalue weighted by Crippen LogP contribution is -2.26. The molecule has 1 amide bonds. The number of anilines is 2. The van der Waals surface area contributed by atoms with Gasteiger partial charge in [0.2, 0.25) is 11.0 Å². The molecule has 1 aliphatic heterocycles. The first-order chi connectivity index (χ1) is 13.2. The van der Waals surface area contributed by atoms with E-state index >= 15 is 0 Å². The molecule has 3 aromatic heterocycles. The van der Waals surface area contributed by atoms with Crippen molar-refractivity contribution < 1.29 is 9.21 Å². The Balaban J connectivity index is 1.43. The summed E-state index contributed by atoms with van der Waals surface area (Å²) in [5, 5.41) is 11.6. The van der Waals surface area contributed by atoms with E-state index in [2.05, 4.69) is 25.5 Å². The van der Waals surface area contributed by atoms with Crippen molar-refractivity contribution in [2.75, 3.05) is 18.4 Å². The SMILES string of the molecule is Cc1nc(Nc2nncs2)cc(C2CCN(C(=O)/C=C/c3ccco3)C2)n1. The van der Waals surface area contributed by atoms with Crippen LogP contribution in [0.1, 0.15) is 29.6 Å². The van der Waals surface area contributed by atoms with E-state index in [1.165, 1.54) is 11.3 Å². The summed E-state index contributed by atoms with van der Waals surface area (Å²) in [7, 11) is 0. The predicted octanol–water partition coefficient (Wildman–Crippen LogP) is 3.00. The van der Waals surface area contributed by atoms with Gasteiger partial charge in [0.1, 0.15) is 22.9 Å². The first-order valence-corrected chi connectivity index (χ1v) is 9.44. The fourth-order valence-electron chi connectivity index (χ4n) is 3.05. The number of aromatic nitrogens is 4. The molecule has 1 atom stereocenters. The normalized spacial score (nSPS) is 16.9. The van der Waals surface area contributed by atoms with Crippen molar-refractivity contribution in [2.45, 2.75) is 19.3 Å². The molecule has 0 spiro atoms. The van der Waals surface area contributed by atoms with Gasteiger partial charge in [0.15, 0.2) is 0 Å². The Morgan fingerprint density at radius 3 is 3.15 bits per heavy atom. The Morgan fingerprint density at radius 2 is 2.37 bits per heavy atom. The highest BCUT2D eigenvalue weighted by atomic mass is 32.1. The van der Waals surface area contributed by atoms with Gasteiger partial charge in [0, 0.05) is 31.1 Å². The van der Waals surface area contributed by atoms with Crippen LogP contribution in [0.4, 0.5) is 10.9 Å². The van der Waals surface area contributed by atoms with E-state index in [0.717, 1.165) is 12.1 Å². The van der Waals surface area contributed by atoms with Crippen molar-refractivity contribution in [3.05, 3.63) is 53.3 Å². The van der Waals surface area contributed by atoms with Crippen LogP contribution in [-0.4, -0.2) is 44.1 Å². The van der Waals surface area contributed by atoms with Gasteiger partial charge in [-0.3, -0.25) is 4.79 Å². The van der Waals surface area contributed by atoms with Gasteiger partial charge in [-0.1, -0.05) is 11.3 Å². The van der Waals surface area contributed by atoms with Crippen molar-refractivity contribution in [1.82, 2.24) is 25.1 Å². The van der Waals surface area contributed by atoms with Crippen LogP contribution in [0.5, 0.6) is 0 Å². The molecule has 0 aromatic carbocycles. The number of rotatable bonds is 5. The van der Waals surface area contributed by atoms with Crippen LogP contribution in [0.25, 0.3) is 6.08 Å². The average molecular weight is 382 g/mol. The average Bonchev–Trinajstić information content (AvgIpc) is 3.40. The van der Waals surface area contributed by atoms with Gasteiger partial charge in [0.25, 0.3) is 0 Å². The quantitative estimate of drug-likeness (QED) is 0.678. The molecule has 0 radical (unpaired) electrons. The third-order valence-electron chi connectivity index (χ3n) is 4.30. The van der Waals surface area contributed by atoms with E-state index in [1.54, 1.807) is 30.0 Å². The second-order valence-electron chi connectivity index (χ2n) is 6.21. The summed E-state index contributed by atoms with van der Waals surface area (Å²) in [6.07, 6.45) is 5.69. The van der Waals surface area contributed by atoms with Crippen molar-refractivity contribution >= 4 is 34.3 Å².